The molecule has 1 aromatic carbocycles. The van der Waals surface area contributed by atoms with Gasteiger partial charge >= 0.3 is 0 Å². The molecule has 0 amide bonds. The summed E-state index contributed by atoms with van der Waals surface area (Å²) in [6.45, 7) is 0.649. The van der Waals surface area contributed by atoms with Crippen LogP contribution in [0.3, 0.4) is 0 Å². The number of pyridine rings is 1. The van der Waals surface area contributed by atoms with Crippen LogP contribution in [-0.4, -0.2) is 34.0 Å². The Labute approximate surface area is 223 Å². The van der Waals surface area contributed by atoms with Crippen LogP contribution in [0.2, 0.25) is 10.0 Å². The topological polar surface area (TPSA) is 71.5 Å². The van der Waals surface area contributed by atoms with Gasteiger partial charge in [0.2, 0.25) is 5.88 Å². The lowest BCUT2D eigenvalue weighted by molar-refractivity contribution is -0.125. The van der Waals surface area contributed by atoms with E-state index in [-0.39, 0.29) is 12.2 Å². The number of halogens is 2. The summed E-state index contributed by atoms with van der Waals surface area (Å²) in [6.07, 6.45) is 3.90. The maximum Gasteiger partial charge on any atom is 0.213 e. The van der Waals surface area contributed by atoms with Gasteiger partial charge in [-0.15, -0.1) is 11.8 Å². The van der Waals surface area contributed by atoms with Crippen LogP contribution < -0.4 is 10.1 Å². The van der Waals surface area contributed by atoms with Gasteiger partial charge in [0.1, 0.15) is 11.5 Å². The summed E-state index contributed by atoms with van der Waals surface area (Å²) >= 11 is 15.3. The highest BCUT2D eigenvalue weighted by atomic mass is 35.5. The minimum atomic E-state index is -1.12. The van der Waals surface area contributed by atoms with E-state index >= 15 is 0 Å². The van der Waals surface area contributed by atoms with E-state index in [0.717, 1.165) is 5.56 Å². The Morgan fingerprint density at radius 2 is 1.97 bits per heavy atom. The Kier molecular flexibility index (Phi) is 7.72. The molecule has 5 rings (SSSR count). The normalized spacial score (nSPS) is 25.2. The smallest absolute Gasteiger partial charge is 0.213 e. The SMILES string of the molecule is O=C1CC(c2ccsc2)(c2cccc(OCC3CCCC3)n2)NC(O)C1Sc1cccc(Cl)c1Cl. The number of rotatable bonds is 7. The summed E-state index contributed by atoms with van der Waals surface area (Å²) in [4.78, 5) is 19.0. The molecule has 1 saturated heterocycles. The first-order valence-electron chi connectivity index (χ1n) is 11.7. The lowest BCUT2D eigenvalue weighted by atomic mass is 9.79. The summed E-state index contributed by atoms with van der Waals surface area (Å²) in [7, 11) is 0. The number of nitrogens with zero attached hydrogens (tertiary/aromatic N) is 1. The zero-order chi connectivity index (χ0) is 24.4. The standard InChI is InChI=1S/C26H26Cl2N2O3S2/c27-18-7-3-8-20(23(18)28)35-24-19(31)13-26(30-25(24)32,17-11-12-34-15-17)21-9-4-10-22(29-21)33-14-16-5-1-2-6-16/h3-4,7-12,15-16,24-25,30,32H,1-2,5-6,13-14H2. The predicted molar refractivity (Wildman–Crippen MR) is 142 cm³/mol. The summed E-state index contributed by atoms with van der Waals surface area (Å²) < 4.78 is 6.05. The van der Waals surface area contributed by atoms with Crippen LogP contribution in [-0.2, 0) is 10.3 Å². The van der Waals surface area contributed by atoms with Crippen molar-refractivity contribution >= 4 is 52.1 Å². The number of benzene rings is 1. The molecule has 0 radical (unpaired) electrons. The third-order valence-corrected chi connectivity index (χ3v) is 9.71. The zero-order valence-electron chi connectivity index (χ0n) is 19.0. The Balaban J connectivity index is 1.42. The number of carbonyl (C=O) groups excluding carboxylic acids is 1. The first-order chi connectivity index (χ1) is 17.0. The molecule has 1 saturated carbocycles. The summed E-state index contributed by atoms with van der Waals surface area (Å²) in [5.41, 5.74) is 0.578. The van der Waals surface area contributed by atoms with Gasteiger partial charge in [0.15, 0.2) is 5.78 Å². The van der Waals surface area contributed by atoms with Gasteiger partial charge in [0.25, 0.3) is 0 Å². The van der Waals surface area contributed by atoms with E-state index in [9.17, 15) is 9.90 Å². The molecule has 184 valence electrons. The average Bonchev–Trinajstić information content (AvgIpc) is 3.57. The number of thiophene rings is 1. The fraction of sp³-hybridized carbons (Fsp3) is 0.385. The molecule has 5 nitrogen and oxygen atoms in total. The molecule has 0 spiro atoms. The quantitative estimate of drug-likeness (QED) is 0.360. The van der Waals surface area contributed by atoms with Crippen LogP contribution in [0.5, 0.6) is 5.88 Å². The molecule has 2 aliphatic rings. The van der Waals surface area contributed by atoms with Gasteiger partial charge in [-0.2, -0.15) is 11.3 Å². The molecule has 35 heavy (non-hydrogen) atoms. The van der Waals surface area contributed by atoms with Crippen molar-refractivity contribution in [3.63, 3.8) is 0 Å². The second-order valence-electron chi connectivity index (χ2n) is 9.06. The molecular formula is C26H26Cl2N2O3S2. The third-order valence-electron chi connectivity index (χ3n) is 6.72. The monoisotopic (exact) mass is 548 g/mol. The van der Waals surface area contributed by atoms with Crippen molar-refractivity contribution in [2.24, 2.45) is 5.92 Å². The Bertz CT molecular complexity index is 1190. The van der Waals surface area contributed by atoms with Crippen molar-refractivity contribution in [1.29, 1.82) is 0 Å². The molecule has 2 aromatic heterocycles. The van der Waals surface area contributed by atoms with Crippen molar-refractivity contribution in [3.05, 3.63) is 74.5 Å². The number of Topliss-reactive ketones (excluding diaryl/α,β-unsaturated/α-hetero) is 1. The fourth-order valence-electron chi connectivity index (χ4n) is 4.88. The van der Waals surface area contributed by atoms with Crippen LogP contribution in [0.15, 0.2) is 58.1 Å². The molecular weight excluding hydrogens is 523 g/mol. The molecule has 3 aromatic rings. The van der Waals surface area contributed by atoms with Crippen molar-refractivity contribution in [3.8, 4) is 5.88 Å². The number of ether oxygens (including phenoxy) is 1. The van der Waals surface area contributed by atoms with E-state index in [1.54, 1.807) is 18.2 Å². The number of ketones is 1. The maximum atomic E-state index is 13.5. The van der Waals surface area contributed by atoms with Crippen LogP contribution in [0.4, 0.5) is 0 Å². The second-order valence-corrected chi connectivity index (χ2v) is 11.8. The third kappa shape index (κ3) is 5.26. The number of thioether (sulfide) groups is 1. The highest BCUT2D eigenvalue weighted by molar-refractivity contribution is 8.00. The van der Waals surface area contributed by atoms with E-state index in [2.05, 4.69) is 5.32 Å². The molecule has 2 fully saturated rings. The number of aliphatic hydroxyl groups is 1. The molecule has 1 aliphatic heterocycles. The maximum absolute atomic E-state index is 13.5. The summed E-state index contributed by atoms with van der Waals surface area (Å²) in [5.74, 6) is 1.01. The van der Waals surface area contributed by atoms with Crippen LogP contribution in [0.1, 0.15) is 43.4 Å². The van der Waals surface area contributed by atoms with Gasteiger partial charge in [0, 0.05) is 17.4 Å². The van der Waals surface area contributed by atoms with Gasteiger partial charge in [-0.3, -0.25) is 10.1 Å². The minimum absolute atomic E-state index is 0.0948. The molecule has 3 atom stereocenters. The van der Waals surface area contributed by atoms with Crippen LogP contribution >= 0.6 is 46.3 Å². The van der Waals surface area contributed by atoms with E-state index in [4.69, 9.17) is 32.9 Å². The van der Waals surface area contributed by atoms with Gasteiger partial charge in [-0.1, -0.05) is 48.2 Å². The van der Waals surface area contributed by atoms with Gasteiger partial charge < -0.3 is 9.84 Å². The highest BCUT2D eigenvalue weighted by Gasteiger charge is 2.48. The zero-order valence-corrected chi connectivity index (χ0v) is 22.1. The van der Waals surface area contributed by atoms with Crippen molar-refractivity contribution in [2.45, 2.75) is 54.0 Å². The molecule has 1 aliphatic carbocycles. The Hall–Kier alpha value is -1.61. The van der Waals surface area contributed by atoms with Crippen LogP contribution in [0.25, 0.3) is 0 Å². The molecule has 2 N–H and O–H groups in total. The molecule has 0 bridgehead atoms. The highest BCUT2D eigenvalue weighted by Crippen LogP contribution is 2.43. The van der Waals surface area contributed by atoms with Crippen LogP contribution in [0, 0.1) is 5.92 Å². The lowest BCUT2D eigenvalue weighted by Crippen LogP contribution is -2.60. The number of hydrogen-bond acceptors (Lipinski definition) is 7. The second kappa shape index (κ2) is 10.8. The van der Waals surface area contributed by atoms with Gasteiger partial charge in [0.05, 0.1) is 27.9 Å². The van der Waals surface area contributed by atoms with Crippen molar-refractivity contribution in [1.82, 2.24) is 10.3 Å². The number of carbonyl (C=O) groups is 1. The molecule has 3 unspecified atom stereocenters. The number of aromatic nitrogens is 1. The van der Waals surface area contributed by atoms with Crippen molar-refractivity contribution < 1.29 is 14.6 Å². The summed E-state index contributed by atoms with van der Waals surface area (Å²) in [5, 5.41) is 18.5. The molecule has 3 heterocycles. The first kappa shape index (κ1) is 25.1. The van der Waals surface area contributed by atoms with Gasteiger partial charge in [-0.05, 0) is 59.3 Å². The number of hydrogen-bond donors (Lipinski definition) is 2. The fourth-order valence-corrected chi connectivity index (χ4v) is 7.15. The van der Waals surface area contributed by atoms with E-state index in [1.807, 2.05) is 35.0 Å². The minimum Gasteiger partial charge on any atom is -0.477 e. The first-order valence-corrected chi connectivity index (χ1v) is 14.3. The number of nitrogens with one attached hydrogen (secondary N) is 1. The Morgan fingerprint density at radius 3 is 2.71 bits per heavy atom. The average molecular weight is 550 g/mol. The van der Waals surface area contributed by atoms with E-state index in [1.165, 1.54) is 48.8 Å². The van der Waals surface area contributed by atoms with E-state index < -0.39 is 17.0 Å². The predicted octanol–water partition coefficient (Wildman–Crippen LogP) is 6.30. The number of piperidine rings is 1. The number of aliphatic hydroxyl groups excluding tert-OH is 1. The van der Waals surface area contributed by atoms with E-state index in [0.29, 0.717) is 39.0 Å². The summed E-state index contributed by atoms with van der Waals surface area (Å²) in [6, 6.07) is 12.9. The van der Waals surface area contributed by atoms with Crippen molar-refractivity contribution in [2.75, 3.05) is 6.61 Å². The Morgan fingerprint density at radius 1 is 1.17 bits per heavy atom. The lowest BCUT2D eigenvalue weighted by Gasteiger charge is -2.42. The van der Waals surface area contributed by atoms with Gasteiger partial charge in [-0.25, -0.2) is 4.98 Å². The largest absolute Gasteiger partial charge is 0.477 e. The molecule has 9 heteroatoms.